The first kappa shape index (κ1) is 39.3. The van der Waals surface area contributed by atoms with E-state index in [-0.39, 0.29) is 17.5 Å². The lowest BCUT2D eigenvalue weighted by Gasteiger charge is -2.69. The number of ether oxygens (including phenoxy) is 5. The zero-order valence-electron chi connectivity index (χ0n) is 30.8. The van der Waals surface area contributed by atoms with Crippen molar-refractivity contribution in [3.05, 3.63) is 84.4 Å². The van der Waals surface area contributed by atoms with Gasteiger partial charge in [-0.1, -0.05) is 63.2 Å². The number of esters is 5. The molecule has 0 aromatic heterocycles. The van der Waals surface area contributed by atoms with Crippen LogP contribution in [0.4, 0.5) is 0 Å². The number of hydrogen-bond donors (Lipinski definition) is 2. The fourth-order valence-corrected chi connectivity index (χ4v) is 9.40. The van der Waals surface area contributed by atoms with Gasteiger partial charge in [0.2, 0.25) is 0 Å². The zero-order valence-corrected chi connectivity index (χ0v) is 30.8. The summed E-state index contributed by atoms with van der Waals surface area (Å²) in [5.74, 6) is -9.29. The van der Waals surface area contributed by atoms with Gasteiger partial charge in [-0.05, 0) is 43.5 Å². The molecule has 0 radical (unpaired) electrons. The highest BCUT2D eigenvalue weighted by molar-refractivity contribution is 5.98. The molecule has 0 aliphatic heterocycles. The Morgan fingerprint density at radius 3 is 1.66 bits per heavy atom. The Bertz CT molecular complexity index is 1790. The minimum atomic E-state index is -2.80. The maximum Gasteiger partial charge on any atom is 0.338 e. The van der Waals surface area contributed by atoms with E-state index in [1.165, 1.54) is 30.3 Å². The van der Waals surface area contributed by atoms with Gasteiger partial charge in [-0.3, -0.25) is 19.2 Å². The highest BCUT2D eigenvalue weighted by Crippen LogP contribution is 2.68. The largest absolute Gasteiger partial charge is 0.459 e. The van der Waals surface area contributed by atoms with Gasteiger partial charge in [-0.25, -0.2) is 9.59 Å². The molecule has 13 nitrogen and oxygen atoms in total. The molecule has 284 valence electrons. The number of rotatable bonds is 8. The normalized spacial score (nSPS) is 35.7. The van der Waals surface area contributed by atoms with Crippen molar-refractivity contribution in [2.24, 2.45) is 28.6 Å². The van der Waals surface area contributed by atoms with Crippen molar-refractivity contribution in [2.75, 3.05) is 0 Å². The number of benzene rings is 2. The molecular formula is C40H46O13. The second-order valence-corrected chi connectivity index (χ2v) is 15.1. The van der Waals surface area contributed by atoms with Crippen molar-refractivity contribution >= 4 is 35.6 Å². The molecule has 2 aromatic rings. The number of carbonyl (C=O) groups excluding carboxylic acids is 6. The van der Waals surface area contributed by atoms with Crippen LogP contribution >= 0.6 is 0 Å². The van der Waals surface area contributed by atoms with E-state index in [9.17, 15) is 39.0 Å². The van der Waals surface area contributed by atoms with Crippen molar-refractivity contribution in [1.29, 1.82) is 0 Å². The van der Waals surface area contributed by atoms with Crippen molar-refractivity contribution in [3.8, 4) is 0 Å². The molecule has 53 heavy (non-hydrogen) atoms. The SMILES string of the molecule is C=C[C@@H]1[C@@H](OC(=O)c2ccccc2)[C@H]2[C@](O)(C(=O)[C@@]1(C)O)[C@H](OC(C)=O)C[C@H]1C(C)(C)[C@H](OC(C)=O)[C@@H](OC(C)=O)[C@H](OC(=O)c3ccccc3)[C@@]12C. The summed E-state index contributed by atoms with van der Waals surface area (Å²) >= 11 is 0. The van der Waals surface area contributed by atoms with E-state index >= 15 is 0 Å². The first-order valence-electron chi connectivity index (χ1n) is 17.4. The molecule has 5 rings (SSSR count). The van der Waals surface area contributed by atoms with Gasteiger partial charge in [0.1, 0.15) is 30.0 Å². The second kappa shape index (κ2) is 14.2. The van der Waals surface area contributed by atoms with E-state index in [2.05, 4.69) is 6.58 Å². The van der Waals surface area contributed by atoms with Crippen LogP contribution in [0, 0.1) is 28.6 Å². The van der Waals surface area contributed by atoms with Gasteiger partial charge < -0.3 is 33.9 Å². The van der Waals surface area contributed by atoms with Gasteiger partial charge in [-0.15, -0.1) is 6.58 Å². The third-order valence-corrected chi connectivity index (χ3v) is 11.5. The standard InChI is InChI=1S/C40H46O13/c1-9-26-29(52-34(44)24-16-12-10-13-17-24)31-38(7)27(20-28(49-21(2)41)40(31,48)36(46)39(26,8)47)37(5,6)32(51-23(4)43)30(50-22(3)42)33(38)53-35(45)25-18-14-11-15-19-25/h9-19,26-33,47-48H,1,20H2,2-8H3/t26-,27+,28-,29-,30-,31-,32-,33+,38+,39+,40+/m1/s1. The summed E-state index contributed by atoms with van der Waals surface area (Å²) in [5, 5.41) is 25.0. The molecule has 0 unspecified atom stereocenters. The molecule has 3 aliphatic rings. The average Bonchev–Trinajstić information content (AvgIpc) is 3.08. The predicted molar refractivity (Wildman–Crippen MR) is 186 cm³/mol. The zero-order chi connectivity index (χ0) is 39.3. The summed E-state index contributed by atoms with van der Waals surface area (Å²) in [5.41, 5.74) is -8.03. The number of hydrogen-bond acceptors (Lipinski definition) is 13. The molecule has 0 amide bonds. The number of Topliss-reactive ketones (excluding diaryl/α,β-unsaturated/α-hetero) is 1. The molecule has 0 bridgehead atoms. The first-order valence-corrected chi connectivity index (χ1v) is 17.4. The van der Waals surface area contributed by atoms with Crippen molar-refractivity contribution in [3.63, 3.8) is 0 Å². The van der Waals surface area contributed by atoms with Gasteiger partial charge in [0.05, 0.1) is 17.0 Å². The number of aliphatic hydroxyl groups is 2. The van der Waals surface area contributed by atoms with Crippen LogP contribution in [0.2, 0.25) is 0 Å². The molecule has 11 atom stereocenters. The van der Waals surface area contributed by atoms with Crippen molar-refractivity contribution < 1.29 is 62.7 Å². The highest BCUT2D eigenvalue weighted by Gasteiger charge is 2.80. The highest BCUT2D eigenvalue weighted by atomic mass is 16.6. The van der Waals surface area contributed by atoms with Crippen LogP contribution in [-0.2, 0) is 42.9 Å². The van der Waals surface area contributed by atoms with Crippen molar-refractivity contribution in [2.45, 2.75) is 96.6 Å². The topological polar surface area (TPSA) is 189 Å². The van der Waals surface area contributed by atoms with Crippen LogP contribution in [-0.4, -0.2) is 87.6 Å². The summed E-state index contributed by atoms with van der Waals surface area (Å²) in [6.07, 6.45) is -6.77. The molecule has 2 N–H and O–H groups in total. The number of fused-ring (bicyclic) bond motifs is 3. The van der Waals surface area contributed by atoms with Gasteiger partial charge >= 0.3 is 29.8 Å². The smallest absolute Gasteiger partial charge is 0.338 e. The third-order valence-electron chi connectivity index (χ3n) is 11.5. The molecule has 3 aliphatic carbocycles. The Hall–Kier alpha value is -4.88. The van der Waals surface area contributed by atoms with Crippen LogP contribution < -0.4 is 0 Å². The fourth-order valence-electron chi connectivity index (χ4n) is 9.40. The van der Waals surface area contributed by atoms with Crippen molar-refractivity contribution in [1.82, 2.24) is 0 Å². The summed E-state index contributed by atoms with van der Waals surface area (Å²) in [6, 6.07) is 15.8. The number of carbonyl (C=O) groups is 6. The molecule has 3 saturated carbocycles. The Morgan fingerprint density at radius 1 is 0.698 bits per heavy atom. The molecule has 0 spiro atoms. The molecule has 3 fully saturated rings. The van der Waals surface area contributed by atoms with Gasteiger partial charge in [0.25, 0.3) is 0 Å². The predicted octanol–water partition coefficient (Wildman–Crippen LogP) is 3.78. The Morgan fingerprint density at radius 2 is 1.19 bits per heavy atom. The van der Waals surface area contributed by atoms with Gasteiger partial charge in [-0.2, -0.15) is 0 Å². The summed E-state index contributed by atoms with van der Waals surface area (Å²) in [4.78, 5) is 80.9. The molecular weight excluding hydrogens is 688 g/mol. The summed E-state index contributed by atoms with van der Waals surface area (Å²) in [6.45, 7) is 13.4. The van der Waals surface area contributed by atoms with Crippen LogP contribution in [0.25, 0.3) is 0 Å². The second-order valence-electron chi connectivity index (χ2n) is 15.1. The monoisotopic (exact) mass is 734 g/mol. The maximum atomic E-state index is 14.7. The molecule has 2 aromatic carbocycles. The lowest BCUT2D eigenvalue weighted by Crippen LogP contribution is -2.83. The summed E-state index contributed by atoms with van der Waals surface area (Å²) < 4.78 is 30.0. The Balaban J connectivity index is 1.86. The molecule has 0 heterocycles. The van der Waals surface area contributed by atoms with Gasteiger partial charge in [0, 0.05) is 37.5 Å². The van der Waals surface area contributed by atoms with Crippen LogP contribution in [0.1, 0.15) is 75.6 Å². The molecule has 0 saturated heterocycles. The third kappa shape index (κ3) is 6.54. The average molecular weight is 735 g/mol. The minimum absolute atomic E-state index is 0.102. The summed E-state index contributed by atoms with van der Waals surface area (Å²) in [7, 11) is 0. The van der Waals surface area contributed by atoms with E-state index in [0.29, 0.717) is 0 Å². The van der Waals surface area contributed by atoms with Crippen LogP contribution in [0.15, 0.2) is 73.3 Å². The van der Waals surface area contributed by atoms with E-state index in [1.807, 2.05) is 0 Å². The van der Waals surface area contributed by atoms with Gasteiger partial charge in [0.15, 0.2) is 17.5 Å². The Kier molecular flexibility index (Phi) is 10.5. The number of ketones is 1. The Labute approximate surface area is 307 Å². The van der Waals surface area contributed by atoms with E-state index in [1.54, 1.807) is 57.2 Å². The van der Waals surface area contributed by atoms with E-state index in [0.717, 1.165) is 27.7 Å². The fraction of sp³-hybridized carbons (Fsp3) is 0.500. The van der Waals surface area contributed by atoms with E-state index in [4.69, 9.17) is 23.7 Å². The molecule has 13 heteroatoms. The van der Waals surface area contributed by atoms with E-state index < -0.39 is 106 Å². The lowest BCUT2D eigenvalue weighted by atomic mass is 9.38. The van der Waals surface area contributed by atoms with Crippen LogP contribution in [0.3, 0.4) is 0 Å². The lowest BCUT2D eigenvalue weighted by molar-refractivity contribution is -0.321. The quantitative estimate of drug-likeness (QED) is 0.227. The minimum Gasteiger partial charge on any atom is -0.459 e. The maximum absolute atomic E-state index is 14.7. The first-order chi connectivity index (χ1) is 24.7. The van der Waals surface area contributed by atoms with Crippen LogP contribution in [0.5, 0.6) is 0 Å².